The van der Waals surface area contributed by atoms with E-state index in [1.54, 1.807) is 42.3 Å². The van der Waals surface area contributed by atoms with E-state index in [2.05, 4.69) is 20.2 Å². The van der Waals surface area contributed by atoms with Gasteiger partial charge in [0, 0.05) is 36.5 Å². The van der Waals surface area contributed by atoms with Crippen LogP contribution in [0.4, 0.5) is 8.78 Å². The van der Waals surface area contributed by atoms with Crippen LogP contribution in [-0.4, -0.2) is 34.5 Å². The summed E-state index contributed by atoms with van der Waals surface area (Å²) < 4.78 is 32.7. The Kier molecular flexibility index (Phi) is 3.85. The van der Waals surface area contributed by atoms with Crippen LogP contribution in [0.3, 0.4) is 0 Å². The van der Waals surface area contributed by atoms with Crippen LogP contribution < -0.4 is 0 Å². The van der Waals surface area contributed by atoms with Gasteiger partial charge in [0.15, 0.2) is 5.65 Å². The first-order valence-electron chi connectivity index (χ1n) is 8.77. The third-order valence-corrected chi connectivity index (χ3v) is 4.78. The minimum atomic E-state index is -1.61. The van der Waals surface area contributed by atoms with Gasteiger partial charge in [0.2, 0.25) is 0 Å². The van der Waals surface area contributed by atoms with E-state index in [1.807, 2.05) is 0 Å². The number of aliphatic hydroxyl groups is 1. The van der Waals surface area contributed by atoms with Crippen molar-refractivity contribution in [2.24, 2.45) is 7.05 Å². The summed E-state index contributed by atoms with van der Waals surface area (Å²) in [6, 6.07) is 7.62. The summed E-state index contributed by atoms with van der Waals surface area (Å²) in [6.45, 7) is 0. The summed E-state index contributed by atoms with van der Waals surface area (Å²) in [4.78, 5) is 8.15. The average Bonchev–Trinajstić information content (AvgIpc) is 3.33. The Morgan fingerprint density at radius 1 is 1.10 bits per heavy atom. The Hall–Kier alpha value is -3.72. The van der Waals surface area contributed by atoms with Crippen molar-refractivity contribution in [3.05, 3.63) is 78.0 Å². The lowest BCUT2D eigenvalue weighted by Gasteiger charge is -2.14. The third kappa shape index (κ3) is 2.74. The fraction of sp³-hybridized carbons (Fsp3) is 0.100. The van der Waals surface area contributed by atoms with Crippen molar-refractivity contribution in [3.63, 3.8) is 0 Å². The molecule has 5 rings (SSSR count). The fourth-order valence-electron chi connectivity index (χ4n) is 3.35. The van der Waals surface area contributed by atoms with Crippen LogP contribution in [0.15, 0.2) is 55.1 Å². The molecule has 144 valence electrons. The minimum Gasteiger partial charge on any atom is -0.382 e. The molecule has 29 heavy (non-hydrogen) atoms. The molecule has 4 aromatic heterocycles. The maximum Gasteiger partial charge on any atom is 0.153 e. The lowest BCUT2D eigenvalue weighted by atomic mass is 10.0. The Labute approximate surface area is 162 Å². The molecule has 0 fully saturated rings. The van der Waals surface area contributed by atoms with Gasteiger partial charge in [0.05, 0.1) is 34.9 Å². The molecule has 0 amide bonds. The number of aryl methyl sites for hydroxylation is 1. The van der Waals surface area contributed by atoms with Crippen LogP contribution in [0.5, 0.6) is 0 Å². The minimum absolute atomic E-state index is 0.126. The number of fused-ring (bicyclic) bond motifs is 2. The monoisotopic (exact) mass is 392 g/mol. The van der Waals surface area contributed by atoms with Gasteiger partial charge in [-0.15, -0.1) is 0 Å². The molecule has 0 aliphatic heterocycles. The molecule has 0 spiro atoms. The highest BCUT2D eigenvalue weighted by atomic mass is 19.1. The van der Waals surface area contributed by atoms with Crippen LogP contribution >= 0.6 is 0 Å². The van der Waals surface area contributed by atoms with E-state index in [9.17, 15) is 9.50 Å². The SMILES string of the molecule is Cn1cc(-c2ccc3ncc(C(O)c4c(F)cc5ncccc5c4F)n3n2)cn1. The molecule has 1 N–H and O–H groups in total. The number of halogens is 2. The standard InChI is InChI=1S/C20H14F2N6O/c1-27-10-11(8-25-27)14-4-5-17-24-9-16(28(17)26-14)20(29)18-13(21)7-15-12(19(18)22)3-2-6-23-15/h2-10,20,29H,1H3. The van der Waals surface area contributed by atoms with E-state index < -0.39 is 23.3 Å². The van der Waals surface area contributed by atoms with Crippen molar-refractivity contribution >= 4 is 16.6 Å². The second kappa shape index (κ2) is 6.42. The molecule has 1 atom stereocenters. The summed E-state index contributed by atoms with van der Waals surface area (Å²) >= 11 is 0. The van der Waals surface area contributed by atoms with Crippen LogP contribution in [0.1, 0.15) is 17.4 Å². The van der Waals surface area contributed by atoms with Gasteiger partial charge in [0.1, 0.15) is 17.7 Å². The third-order valence-electron chi connectivity index (χ3n) is 4.78. The first-order chi connectivity index (χ1) is 14.0. The molecule has 5 aromatic rings. The van der Waals surface area contributed by atoms with Crippen LogP contribution in [-0.2, 0) is 7.05 Å². The number of benzene rings is 1. The molecule has 0 bridgehead atoms. The topological polar surface area (TPSA) is 81.1 Å². The second-order valence-corrected chi connectivity index (χ2v) is 6.63. The first kappa shape index (κ1) is 17.4. The summed E-state index contributed by atoms with van der Waals surface area (Å²) in [5, 5.41) is 19.6. The summed E-state index contributed by atoms with van der Waals surface area (Å²) in [5.74, 6) is -1.75. The van der Waals surface area contributed by atoms with E-state index in [0.717, 1.165) is 11.6 Å². The van der Waals surface area contributed by atoms with Gasteiger partial charge in [-0.25, -0.2) is 18.3 Å². The van der Waals surface area contributed by atoms with Gasteiger partial charge >= 0.3 is 0 Å². The zero-order valence-corrected chi connectivity index (χ0v) is 15.2. The molecule has 0 aliphatic rings. The van der Waals surface area contributed by atoms with Crippen molar-refractivity contribution in [2.75, 3.05) is 0 Å². The maximum atomic E-state index is 15.0. The molecule has 4 heterocycles. The van der Waals surface area contributed by atoms with Gasteiger partial charge in [-0.2, -0.15) is 10.2 Å². The number of aliphatic hydroxyl groups excluding tert-OH is 1. The predicted molar refractivity (Wildman–Crippen MR) is 101 cm³/mol. The average molecular weight is 392 g/mol. The van der Waals surface area contributed by atoms with Crippen molar-refractivity contribution in [2.45, 2.75) is 6.10 Å². The quantitative estimate of drug-likeness (QED) is 0.510. The molecular weight excluding hydrogens is 378 g/mol. The number of pyridine rings is 1. The first-order valence-corrected chi connectivity index (χ1v) is 8.77. The smallest absolute Gasteiger partial charge is 0.153 e. The van der Waals surface area contributed by atoms with Gasteiger partial charge < -0.3 is 5.11 Å². The molecule has 0 aliphatic carbocycles. The van der Waals surface area contributed by atoms with E-state index in [-0.39, 0.29) is 16.6 Å². The van der Waals surface area contributed by atoms with Gasteiger partial charge in [-0.05, 0) is 24.3 Å². The van der Waals surface area contributed by atoms with Gasteiger partial charge in [0.25, 0.3) is 0 Å². The molecule has 9 heteroatoms. The molecule has 0 radical (unpaired) electrons. The van der Waals surface area contributed by atoms with Gasteiger partial charge in [-0.1, -0.05) is 0 Å². The second-order valence-electron chi connectivity index (χ2n) is 6.63. The molecular formula is C20H14F2N6O. The Morgan fingerprint density at radius 2 is 1.97 bits per heavy atom. The molecule has 1 aromatic carbocycles. The number of hydrogen-bond donors (Lipinski definition) is 1. The highest BCUT2D eigenvalue weighted by Crippen LogP contribution is 2.31. The zero-order valence-electron chi connectivity index (χ0n) is 15.2. The van der Waals surface area contributed by atoms with Crippen LogP contribution in [0.2, 0.25) is 0 Å². The predicted octanol–water partition coefficient (Wildman–Crippen LogP) is 3.04. The van der Waals surface area contributed by atoms with E-state index in [4.69, 9.17) is 0 Å². The largest absolute Gasteiger partial charge is 0.382 e. The lowest BCUT2D eigenvalue weighted by Crippen LogP contribution is -2.10. The Morgan fingerprint density at radius 3 is 2.76 bits per heavy atom. The lowest BCUT2D eigenvalue weighted by molar-refractivity contribution is 0.202. The Balaban J connectivity index is 1.67. The van der Waals surface area contributed by atoms with Crippen LogP contribution in [0, 0.1) is 11.6 Å². The van der Waals surface area contributed by atoms with Gasteiger partial charge in [-0.3, -0.25) is 9.67 Å². The van der Waals surface area contributed by atoms with Crippen molar-refractivity contribution in [1.82, 2.24) is 29.4 Å². The number of hydrogen-bond acceptors (Lipinski definition) is 5. The number of aromatic nitrogens is 6. The van der Waals surface area contributed by atoms with E-state index in [0.29, 0.717) is 11.3 Å². The maximum absolute atomic E-state index is 15.0. The molecule has 7 nitrogen and oxygen atoms in total. The van der Waals surface area contributed by atoms with Crippen LogP contribution in [0.25, 0.3) is 27.8 Å². The molecule has 0 saturated heterocycles. The zero-order chi connectivity index (χ0) is 20.1. The number of imidazole rings is 1. The number of rotatable bonds is 3. The van der Waals surface area contributed by atoms with E-state index in [1.165, 1.54) is 23.0 Å². The highest BCUT2D eigenvalue weighted by molar-refractivity contribution is 5.80. The summed E-state index contributed by atoms with van der Waals surface area (Å²) in [7, 11) is 1.79. The molecule has 0 saturated carbocycles. The summed E-state index contributed by atoms with van der Waals surface area (Å²) in [5.41, 5.74) is 1.63. The normalized spacial score (nSPS) is 12.7. The van der Waals surface area contributed by atoms with Crippen molar-refractivity contribution in [3.8, 4) is 11.3 Å². The molecule has 1 unspecified atom stereocenters. The fourth-order valence-corrected chi connectivity index (χ4v) is 3.35. The van der Waals surface area contributed by atoms with E-state index >= 15 is 4.39 Å². The Bertz CT molecular complexity index is 1380. The van der Waals surface area contributed by atoms with Crippen molar-refractivity contribution < 1.29 is 13.9 Å². The number of nitrogens with zero attached hydrogens (tertiary/aromatic N) is 6. The van der Waals surface area contributed by atoms with Crippen molar-refractivity contribution in [1.29, 1.82) is 0 Å². The summed E-state index contributed by atoms with van der Waals surface area (Å²) in [6.07, 6.45) is 4.64. The highest BCUT2D eigenvalue weighted by Gasteiger charge is 2.25.